The molecule has 1 heterocycles. The van der Waals surface area contributed by atoms with Gasteiger partial charge in [-0.2, -0.15) is 0 Å². The van der Waals surface area contributed by atoms with E-state index in [-0.39, 0.29) is 17.0 Å². The van der Waals surface area contributed by atoms with Gasteiger partial charge < -0.3 is 9.47 Å². The Kier molecular flexibility index (Phi) is 3.08. The highest BCUT2D eigenvalue weighted by molar-refractivity contribution is 5.77. The maximum atomic E-state index is 12.7. The van der Waals surface area contributed by atoms with Gasteiger partial charge >= 0.3 is 5.97 Å². The van der Waals surface area contributed by atoms with Crippen molar-refractivity contribution in [3.05, 3.63) is 0 Å². The summed E-state index contributed by atoms with van der Waals surface area (Å²) in [4.78, 5) is 12.7. The highest BCUT2D eigenvalue weighted by Gasteiger charge is 2.75. The van der Waals surface area contributed by atoms with E-state index in [2.05, 4.69) is 20.8 Å². The molecular formula is C22H34O3. The lowest BCUT2D eigenvalue weighted by atomic mass is 9.40. The molecule has 0 amide bonds. The van der Waals surface area contributed by atoms with Crippen molar-refractivity contribution in [1.29, 1.82) is 0 Å². The Bertz CT molecular complexity index is 621. The number of ether oxygens (including phenoxy) is 2. The van der Waals surface area contributed by atoms with Crippen LogP contribution in [0.2, 0.25) is 0 Å². The van der Waals surface area contributed by atoms with Crippen LogP contribution in [-0.4, -0.2) is 25.3 Å². The summed E-state index contributed by atoms with van der Waals surface area (Å²) in [5.41, 5.74) is 1.11. The van der Waals surface area contributed by atoms with Crippen LogP contribution in [-0.2, 0) is 14.3 Å². The molecule has 2 bridgehead atoms. The minimum Gasteiger partial charge on any atom is -0.469 e. The highest BCUT2D eigenvalue weighted by Crippen LogP contribution is 2.78. The fraction of sp³-hybridized carbons (Fsp3) is 0.955. The van der Waals surface area contributed by atoms with Gasteiger partial charge in [-0.3, -0.25) is 4.79 Å². The van der Waals surface area contributed by atoms with E-state index >= 15 is 0 Å². The molecule has 3 heteroatoms. The summed E-state index contributed by atoms with van der Waals surface area (Å²) in [7, 11) is 1.57. The highest BCUT2D eigenvalue weighted by atomic mass is 16.6. The average Bonchev–Trinajstić information content (AvgIpc) is 3.31. The summed E-state index contributed by atoms with van der Waals surface area (Å²) in [5, 5.41) is 0. The number of esters is 1. The Morgan fingerprint density at radius 3 is 2.40 bits per heavy atom. The topological polar surface area (TPSA) is 38.8 Å². The van der Waals surface area contributed by atoms with Crippen molar-refractivity contribution in [3.8, 4) is 0 Å². The molecule has 5 fully saturated rings. The van der Waals surface area contributed by atoms with E-state index < -0.39 is 0 Å². The molecule has 5 rings (SSSR count). The molecule has 0 aromatic heterocycles. The molecule has 2 spiro atoms. The van der Waals surface area contributed by atoms with Crippen LogP contribution in [0.3, 0.4) is 0 Å². The molecule has 140 valence electrons. The van der Waals surface area contributed by atoms with Crippen molar-refractivity contribution in [2.24, 2.45) is 33.5 Å². The minimum absolute atomic E-state index is 0.0356. The maximum Gasteiger partial charge on any atom is 0.311 e. The average molecular weight is 347 g/mol. The smallest absolute Gasteiger partial charge is 0.311 e. The summed E-state index contributed by atoms with van der Waals surface area (Å²) in [6, 6.07) is 0. The number of carbonyl (C=O) groups excluding carboxylic acids is 1. The first kappa shape index (κ1) is 16.6. The second-order valence-corrected chi connectivity index (χ2v) is 11.0. The van der Waals surface area contributed by atoms with Gasteiger partial charge in [0.15, 0.2) is 0 Å². The zero-order chi connectivity index (χ0) is 17.7. The van der Waals surface area contributed by atoms with Crippen molar-refractivity contribution in [2.45, 2.75) is 84.2 Å². The molecule has 1 saturated heterocycles. The molecule has 7 atom stereocenters. The van der Waals surface area contributed by atoms with Crippen molar-refractivity contribution in [2.75, 3.05) is 13.7 Å². The quantitative estimate of drug-likeness (QED) is 0.509. The number of hydrogen-bond acceptors (Lipinski definition) is 3. The predicted octanol–water partition coefficient (Wildman–Crippen LogP) is 4.73. The zero-order valence-corrected chi connectivity index (χ0v) is 16.5. The van der Waals surface area contributed by atoms with Gasteiger partial charge in [-0.25, -0.2) is 0 Å². The van der Waals surface area contributed by atoms with Gasteiger partial charge in [0.1, 0.15) is 0 Å². The predicted molar refractivity (Wildman–Crippen MR) is 96.0 cm³/mol. The molecule has 4 aliphatic carbocycles. The summed E-state index contributed by atoms with van der Waals surface area (Å²) in [5.74, 6) is 1.28. The first-order valence-corrected chi connectivity index (χ1v) is 10.5. The van der Waals surface area contributed by atoms with Gasteiger partial charge in [0.2, 0.25) is 0 Å². The maximum absolute atomic E-state index is 12.7. The SMILES string of the molecule is COC(=O)[C@]1(C)CCC[C@@]2(C)[C@@H]3CC[C@@]4(C)C[C@]3(CC[C@@H]21)C[C@]41CO1. The van der Waals surface area contributed by atoms with Crippen LogP contribution in [0.1, 0.15) is 78.6 Å². The largest absolute Gasteiger partial charge is 0.469 e. The molecular weight excluding hydrogens is 312 g/mol. The fourth-order valence-corrected chi connectivity index (χ4v) is 8.92. The van der Waals surface area contributed by atoms with Gasteiger partial charge in [0.05, 0.1) is 24.7 Å². The molecule has 0 N–H and O–H groups in total. The lowest BCUT2D eigenvalue weighted by Crippen LogP contribution is -2.58. The van der Waals surface area contributed by atoms with Crippen molar-refractivity contribution in [3.63, 3.8) is 0 Å². The molecule has 5 aliphatic rings. The Balaban J connectivity index is 1.54. The number of carbonyl (C=O) groups is 1. The summed E-state index contributed by atoms with van der Waals surface area (Å²) < 4.78 is 11.4. The molecule has 0 aromatic carbocycles. The second-order valence-electron chi connectivity index (χ2n) is 11.0. The van der Waals surface area contributed by atoms with Crippen LogP contribution < -0.4 is 0 Å². The molecule has 0 aromatic rings. The van der Waals surface area contributed by atoms with Crippen LogP contribution >= 0.6 is 0 Å². The first-order chi connectivity index (χ1) is 11.7. The Morgan fingerprint density at radius 2 is 1.72 bits per heavy atom. The van der Waals surface area contributed by atoms with Crippen LogP contribution in [0.15, 0.2) is 0 Å². The third-order valence-electron chi connectivity index (χ3n) is 10.1. The van der Waals surface area contributed by atoms with Crippen molar-refractivity contribution in [1.82, 2.24) is 0 Å². The number of fused-ring (bicyclic) bond motifs is 4. The summed E-state index contributed by atoms with van der Waals surface area (Å²) in [6.45, 7) is 8.23. The molecule has 1 aliphatic heterocycles. The van der Waals surface area contributed by atoms with Gasteiger partial charge in [-0.05, 0) is 86.4 Å². The summed E-state index contributed by atoms with van der Waals surface area (Å²) >= 11 is 0. The van der Waals surface area contributed by atoms with E-state index in [1.165, 1.54) is 51.4 Å². The van der Waals surface area contributed by atoms with E-state index in [1.807, 2.05) is 0 Å². The normalized spacial score (nSPS) is 59.2. The molecule has 4 saturated carbocycles. The standard InChI is InChI=1S/C22H34O3/c1-18-10-6-16-19(2)8-5-9-20(3,17(23)24-4)15(19)7-11-21(16,12-18)13-22(18)14-25-22/h15-16H,5-14H2,1-4H3/t15-,16-,18-,19+,20+,21+,22-/m0/s1. The van der Waals surface area contributed by atoms with E-state index in [1.54, 1.807) is 7.11 Å². The third-order valence-corrected chi connectivity index (χ3v) is 10.1. The van der Waals surface area contributed by atoms with E-state index in [9.17, 15) is 4.79 Å². The molecule has 0 unspecified atom stereocenters. The molecule has 3 nitrogen and oxygen atoms in total. The van der Waals surface area contributed by atoms with Crippen LogP contribution in [0.4, 0.5) is 0 Å². The number of epoxide rings is 1. The van der Waals surface area contributed by atoms with Crippen LogP contribution in [0.5, 0.6) is 0 Å². The number of rotatable bonds is 1. The van der Waals surface area contributed by atoms with Crippen molar-refractivity contribution >= 4 is 5.97 Å². The van der Waals surface area contributed by atoms with Gasteiger partial charge in [-0.1, -0.05) is 20.3 Å². The number of hydrogen-bond donors (Lipinski definition) is 0. The lowest BCUT2D eigenvalue weighted by Gasteiger charge is -2.64. The van der Waals surface area contributed by atoms with Crippen LogP contribution in [0.25, 0.3) is 0 Å². The fourth-order valence-electron chi connectivity index (χ4n) is 8.92. The number of methoxy groups -OCH3 is 1. The third kappa shape index (κ3) is 1.79. The van der Waals surface area contributed by atoms with Gasteiger partial charge in [0.25, 0.3) is 0 Å². The Hall–Kier alpha value is -0.570. The zero-order valence-electron chi connectivity index (χ0n) is 16.5. The van der Waals surface area contributed by atoms with E-state index in [0.717, 1.165) is 18.9 Å². The lowest BCUT2D eigenvalue weighted by molar-refractivity contribution is -0.185. The van der Waals surface area contributed by atoms with Gasteiger partial charge in [0, 0.05) is 0 Å². The minimum atomic E-state index is -0.281. The van der Waals surface area contributed by atoms with Crippen LogP contribution in [0, 0.1) is 33.5 Å². The molecule has 25 heavy (non-hydrogen) atoms. The van der Waals surface area contributed by atoms with E-state index in [0.29, 0.717) is 22.2 Å². The molecule has 0 radical (unpaired) electrons. The summed E-state index contributed by atoms with van der Waals surface area (Å²) in [6.07, 6.45) is 11.3. The monoisotopic (exact) mass is 346 g/mol. The second kappa shape index (κ2) is 4.64. The Labute approximate surface area is 152 Å². The van der Waals surface area contributed by atoms with Gasteiger partial charge in [-0.15, -0.1) is 0 Å². The van der Waals surface area contributed by atoms with Crippen molar-refractivity contribution < 1.29 is 14.3 Å². The van der Waals surface area contributed by atoms with E-state index in [4.69, 9.17) is 9.47 Å². The Morgan fingerprint density at radius 1 is 1.00 bits per heavy atom. The first-order valence-electron chi connectivity index (χ1n) is 10.5.